The Morgan fingerprint density at radius 3 is 2.26 bits per heavy atom. The third kappa shape index (κ3) is 9.58. The predicted octanol–water partition coefficient (Wildman–Crippen LogP) is 3.69. The van der Waals surface area contributed by atoms with Crippen molar-refractivity contribution in [1.29, 1.82) is 0 Å². The Labute approximate surface area is 306 Å². The van der Waals surface area contributed by atoms with E-state index in [4.69, 9.17) is 0 Å². The zero-order chi connectivity index (χ0) is 36.7. The molecule has 1 spiro atoms. The average molecular weight is 756 g/mol. The molecular weight excluding hydrogens is 699 g/mol. The first-order valence-electron chi connectivity index (χ1n) is 18.2. The van der Waals surface area contributed by atoms with Crippen LogP contribution in [0.5, 0.6) is 0 Å². The van der Waals surface area contributed by atoms with Crippen LogP contribution in [0.25, 0.3) is 0 Å². The summed E-state index contributed by atoms with van der Waals surface area (Å²) in [4.78, 5) is 70.0. The number of carbonyl (C=O) groups excluding carboxylic acids is 5. The molecular formula is C35H57N5O7S3. The summed E-state index contributed by atoms with van der Waals surface area (Å²) in [6, 6.07) is -3.59. The van der Waals surface area contributed by atoms with Crippen LogP contribution in [0.1, 0.15) is 105 Å². The molecule has 1 saturated carbocycles. The van der Waals surface area contributed by atoms with E-state index in [2.05, 4.69) is 27.8 Å². The Hall–Kier alpha value is -2.26. The first-order valence-corrected chi connectivity index (χ1v) is 21.9. The number of likely N-dealkylation sites (tertiary alicyclic amines) is 1. The topological polar surface area (TPSA) is 171 Å². The van der Waals surface area contributed by atoms with Crippen molar-refractivity contribution in [3.63, 3.8) is 0 Å². The predicted molar refractivity (Wildman–Crippen MR) is 200 cm³/mol. The van der Waals surface area contributed by atoms with E-state index in [0.717, 1.165) is 43.6 Å². The van der Waals surface area contributed by atoms with Crippen LogP contribution in [0, 0.1) is 5.41 Å². The van der Waals surface area contributed by atoms with Gasteiger partial charge in [-0.3, -0.25) is 19.2 Å². The highest BCUT2D eigenvalue weighted by Gasteiger charge is 2.54. The molecule has 0 aromatic heterocycles. The van der Waals surface area contributed by atoms with E-state index >= 15 is 0 Å². The van der Waals surface area contributed by atoms with Gasteiger partial charge in [0.2, 0.25) is 17.6 Å². The summed E-state index contributed by atoms with van der Waals surface area (Å²) in [6.07, 6.45) is 9.30. The van der Waals surface area contributed by atoms with E-state index in [1.165, 1.54) is 6.08 Å². The fourth-order valence-corrected chi connectivity index (χ4v) is 13.5. The Morgan fingerprint density at radius 1 is 1.00 bits per heavy atom. The second kappa shape index (κ2) is 17.0. The molecule has 0 bridgehead atoms. The number of nitrogens with one attached hydrogen (secondary N) is 4. The molecule has 5 amide bonds. The SMILES string of the molecule is C=CCNC(=O)C(=O)C(CCCC)NC(=O)[C@@H]1CC2(CN1C(=O)[C@@H](NC(=O)NC1(C3CCCS3(=O)=O)CCCCC1)C(C)(C)C)SCCCS2. The molecule has 3 aliphatic heterocycles. The van der Waals surface area contributed by atoms with Crippen molar-refractivity contribution in [3.8, 4) is 0 Å². The monoisotopic (exact) mass is 755 g/mol. The molecule has 0 radical (unpaired) electrons. The number of hydrogen-bond acceptors (Lipinski definition) is 9. The van der Waals surface area contributed by atoms with Gasteiger partial charge in [-0.25, -0.2) is 13.2 Å². The summed E-state index contributed by atoms with van der Waals surface area (Å²) in [5.74, 6) is -0.565. The number of nitrogens with zero attached hydrogens (tertiary/aromatic N) is 1. The number of urea groups is 1. The second-order valence-electron chi connectivity index (χ2n) is 15.3. The van der Waals surface area contributed by atoms with E-state index in [0.29, 0.717) is 38.5 Å². The van der Waals surface area contributed by atoms with Crippen LogP contribution >= 0.6 is 23.5 Å². The average Bonchev–Trinajstić information content (AvgIpc) is 3.63. The standard InChI is InChI=1S/C35H57N5O7S3/c1-6-8-14-24(27(41)30(43)36-18-7-2)37-29(42)25-22-35(48-19-13-20-49-35)23-40(25)31(44)28(33(3,4)5)38-32(45)39-34(16-10-9-11-17-34)26-15-12-21-50(26,46)47/h7,24-26,28H,2,6,8-23H2,1,3-5H3,(H,36,43)(H,37,42)(H2,38,39,45)/t24?,25-,26?,28+/m0/s1. The minimum absolute atomic E-state index is 0.117. The van der Waals surface area contributed by atoms with Crippen molar-refractivity contribution in [3.05, 3.63) is 12.7 Å². The maximum atomic E-state index is 14.7. The fraction of sp³-hybridized carbons (Fsp3) is 0.800. The molecule has 4 fully saturated rings. The van der Waals surface area contributed by atoms with Gasteiger partial charge in [0.1, 0.15) is 12.1 Å². The number of unbranched alkanes of at least 4 members (excludes halogenated alkanes) is 1. The van der Waals surface area contributed by atoms with Gasteiger partial charge >= 0.3 is 6.03 Å². The molecule has 4 aliphatic rings. The highest BCUT2D eigenvalue weighted by Crippen LogP contribution is 2.51. The van der Waals surface area contributed by atoms with Crippen LogP contribution in [0.3, 0.4) is 0 Å². The van der Waals surface area contributed by atoms with Gasteiger partial charge in [-0.05, 0) is 55.4 Å². The van der Waals surface area contributed by atoms with E-state index in [1.807, 2.05) is 27.7 Å². The third-order valence-corrected chi connectivity index (χ3v) is 16.2. The lowest BCUT2D eigenvalue weighted by molar-refractivity contribution is -0.143. The van der Waals surface area contributed by atoms with Crippen LogP contribution in [0.4, 0.5) is 4.79 Å². The minimum atomic E-state index is -3.36. The molecule has 0 aromatic carbocycles. The summed E-state index contributed by atoms with van der Waals surface area (Å²) in [7, 11) is -3.36. The lowest BCUT2D eigenvalue weighted by Gasteiger charge is -2.43. The molecule has 50 heavy (non-hydrogen) atoms. The van der Waals surface area contributed by atoms with Crippen LogP contribution in [0.2, 0.25) is 0 Å². The largest absolute Gasteiger partial charge is 0.346 e. The molecule has 4 atom stereocenters. The molecule has 3 saturated heterocycles. The smallest absolute Gasteiger partial charge is 0.315 e. The summed E-state index contributed by atoms with van der Waals surface area (Å²) >= 11 is 3.46. The van der Waals surface area contributed by atoms with E-state index in [9.17, 15) is 32.4 Å². The van der Waals surface area contributed by atoms with Crippen molar-refractivity contribution in [2.24, 2.45) is 5.41 Å². The maximum Gasteiger partial charge on any atom is 0.315 e. The summed E-state index contributed by atoms with van der Waals surface area (Å²) in [6.45, 7) is 11.5. The number of hydrogen-bond donors (Lipinski definition) is 4. The number of amides is 5. The first kappa shape index (κ1) is 40.5. The molecule has 15 heteroatoms. The fourth-order valence-electron chi connectivity index (χ4n) is 7.82. The third-order valence-electron chi connectivity index (χ3n) is 10.4. The molecule has 3 heterocycles. The summed E-state index contributed by atoms with van der Waals surface area (Å²) in [5, 5.41) is 10.7. The Kier molecular flexibility index (Phi) is 13.8. The lowest BCUT2D eigenvalue weighted by Crippen LogP contribution is -2.65. The zero-order valence-corrected chi connectivity index (χ0v) is 32.6. The van der Waals surface area contributed by atoms with Crippen molar-refractivity contribution in [2.45, 2.75) is 138 Å². The van der Waals surface area contributed by atoms with Crippen LogP contribution in [0.15, 0.2) is 12.7 Å². The lowest BCUT2D eigenvalue weighted by atomic mass is 9.78. The molecule has 12 nitrogen and oxygen atoms in total. The number of thioether (sulfide) groups is 2. The van der Waals surface area contributed by atoms with Crippen molar-refractivity contribution in [2.75, 3.05) is 30.3 Å². The van der Waals surface area contributed by atoms with Gasteiger partial charge in [-0.15, -0.1) is 30.1 Å². The number of sulfone groups is 1. The highest BCUT2D eigenvalue weighted by atomic mass is 32.2. The number of Topliss-reactive ketones (excluding diaryl/α,β-unsaturated/α-hetero) is 1. The summed E-state index contributed by atoms with van der Waals surface area (Å²) in [5.41, 5.74) is -1.66. The molecule has 4 N–H and O–H groups in total. The molecule has 4 rings (SSSR count). The first-order chi connectivity index (χ1) is 23.6. The Morgan fingerprint density at radius 2 is 1.68 bits per heavy atom. The highest BCUT2D eigenvalue weighted by molar-refractivity contribution is 8.18. The molecule has 282 valence electrons. The van der Waals surface area contributed by atoms with Gasteiger partial charge in [0.15, 0.2) is 9.84 Å². The van der Waals surface area contributed by atoms with Gasteiger partial charge in [-0.1, -0.05) is 65.9 Å². The van der Waals surface area contributed by atoms with Gasteiger partial charge in [-0.2, -0.15) is 0 Å². The van der Waals surface area contributed by atoms with E-state index in [-0.39, 0.29) is 25.3 Å². The van der Waals surface area contributed by atoms with Crippen molar-refractivity contribution < 1.29 is 32.4 Å². The van der Waals surface area contributed by atoms with Gasteiger partial charge in [0.25, 0.3) is 5.91 Å². The van der Waals surface area contributed by atoms with Crippen LogP contribution in [-0.4, -0.2) is 106 Å². The molecule has 1 aliphatic carbocycles. The van der Waals surface area contributed by atoms with Gasteiger partial charge in [0.05, 0.1) is 26.7 Å². The summed E-state index contributed by atoms with van der Waals surface area (Å²) < 4.78 is 25.8. The van der Waals surface area contributed by atoms with Crippen molar-refractivity contribution in [1.82, 2.24) is 26.2 Å². The van der Waals surface area contributed by atoms with Crippen LogP contribution in [-0.2, 0) is 29.0 Å². The van der Waals surface area contributed by atoms with Crippen LogP contribution < -0.4 is 21.3 Å². The van der Waals surface area contributed by atoms with Gasteiger partial charge in [0, 0.05) is 19.5 Å². The molecule has 2 unspecified atom stereocenters. The Balaban J connectivity index is 1.59. The van der Waals surface area contributed by atoms with E-state index < -0.39 is 77.8 Å². The Bertz CT molecular complexity index is 1390. The quantitative estimate of drug-likeness (QED) is 0.162. The number of rotatable bonds is 13. The van der Waals surface area contributed by atoms with Crippen molar-refractivity contribution >= 4 is 62.9 Å². The second-order valence-corrected chi connectivity index (χ2v) is 20.8. The minimum Gasteiger partial charge on any atom is -0.346 e. The maximum absolute atomic E-state index is 14.7. The van der Waals surface area contributed by atoms with E-state index in [1.54, 1.807) is 28.4 Å². The number of ketones is 1. The zero-order valence-electron chi connectivity index (χ0n) is 30.1. The molecule has 0 aromatic rings. The number of carbonyl (C=O) groups is 5. The van der Waals surface area contributed by atoms with Gasteiger partial charge < -0.3 is 26.2 Å². The normalized spacial score (nSPS) is 25.2.